The van der Waals surface area contributed by atoms with E-state index < -0.39 is 0 Å². The van der Waals surface area contributed by atoms with Crippen LogP contribution in [0.3, 0.4) is 0 Å². The number of nitrogens with one attached hydrogen (secondary N) is 1. The summed E-state index contributed by atoms with van der Waals surface area (Å²) in [6, 6.07) is 10.6. The first kappa shape index (κ1) is 14.3. The molecule has 3 aromatic rings. The molecule has 5 nitrogen and oxygen atoms in total. The van der Waals surface area contributed by atoms with Crippen molar-refractivity contribution >= 4 is 22.9 Å². The number of nitrogens with zero attached hydrogens (tertiary/aromatic N) is 1. The number of methoxy groups -OCH3 is 1. The number of aromatic nitrogens is 1. The molecule has 1 aromatic carbocycles. The molecule has 0 atom stereocenters. The number of thiazole rings is 1. The second-order valence-electron chi connectivity index (χ2n) is 4.57. The van der Waals surface area contributed by atoms with Gasteiger partial charge in [0.25, 0.3) is 5.91 Å². The maximum atomic E-state index is 12.3. The predicted octanol–water partition coefficient (Wildman–Crippen LogP) is 3.97. The van der Waals surface area contributed by atoms with Gasteiger partial charge in [-0.2, -0.15) is 0 Å². The number of hydrogen-bond donors (Lipinski definition) is 1. The highest BCUT2D eigenvalue weighted by molar-refractivity contribution is 7.09. The zero-order chi connectivity index (χ0) is 15.5. The molecular weight excluding hydrogens is 300 g/mol. The molecule has 0 aliphatic rings. The van der Waals surface area contributed by atoms with Crippen molar-refractivity contribution in [2.24, 2.45) is 0 Å². The van der Waals surface area contributed by atoms with Crippen molar-refractivity contribution in [3.8, 4) is 17.2 Å². The second kappa shape index (κ2) is 6.03. The van der Waals surface area contributed by atoms with Gasteiger partial charge in [-0.3, -0.25) is 4.79 Å². The molecule has 0 spiro atoms. The van der Waals surface area contributed by atoms with Crippen molar-refractivity contribution < 1.29 is 13.9 Å². The van der Waals surface area contributed by atoms with E-state index in [1.807, 2.05) is 24.4 Å². The Bertz CT molecular complexity index is 807. The number of carbonyl (C=O) groups is 1. The smallest absolute Gasteiger partial charge is 0.291 e. The highest BCUT2D eigenvalue weighted by atomic mass is 32.1. The topological polar surface area (TPSA) is 64.4 Å². The highest BCUT2D eigenvalue weighted by Crippen LogP contribution is 2.26. The quantitative estimate of drug-likeness (QED) is 0.791. The van der Waals surface area contributed by atoms with Crippen molar-refractivity contribution in [2.75, 3.05) is 12.4 Å². The van der Waals surface area contributed by atoms with Gasteiger partial charge in [-0.1, -0.05) is 12.1 Å². The minimum atomic E-state index is -0.331. The summed E-state index contributed by atoms with van der Waals surface area (Å²) in [6.07, 6.45) is 0. The summed E-state index contributed by atoms with van der Waals surface area (Å²) in [7, 11) is 1.56. The maximum Gasteiger partial charge on any atom is 0.291 e. The zero-order valence-corrected chi connectivity index (χ0v) is 12.9. The fraction of sp³-hybridized carbons (Fsp3) is 0.125. The van der Waals surface area contributed by atoms with Gasteiger partial charge in [0.2, 0.25) is 0 Å². The molecule has 1 N–H and O–H groups in total. The number of carbonyl (C=O) groups excluding carboxylic acids is 1. The molecule has 0 saturated carbocycles. The van der Waals surface area contributed by atoms with Gasteiger partial charge in [-0.05, 0) is 31.2 Å². The Hall–Kier alpha value is -2.60. The lowest BCUT2D eigenvalue weighted by Gasteiger charge is -2.08. The number of amides is 1. The van der Waals surface area contributed by atoms with E-state index in [0.717, 1.165) is 10.7 Å². The molecule has 2 heterocycles. The Morgan fingerprint density at radius 2 is 2.09 bits per heavy atom. The van der Waals surface area contributed by atoms with Crippen LogP contribution in [0.25, 0.3) is 11.5 Å². The molecule has 0 aliphatic heterocycles. The first-order valence-corrected chi connectivity index (χ1v) is 7.52. The fourth-order valence-electron chi connectivity index (χ4n) is 2.01. The Kier molecular flexibility index (Phi) is 3.93. The molecular formula is C16H14N2O3S. The molecule has 0 fully saturated rings. The van der Waals surface area contributed by atoms with Gasteiger partial charge in [0, 0.05) is 5.38 Å². The monoisotopic (exact) mass is 314 g/mol. The summed E-state index contributed by atoms with van der Waals surface area (Å²) in [5.74, 6) is 1.07. The average Bonchev–Trinajstić information content (AvgIpc) is 3.16. The van der Waals surface area contributed by atoms with Gasteiger partial charge >= 0.3 is 0 Å². The van der Waals surface area contributed by atoms with Gasteiger partial charge in [0.1, 0.15) is 11.4 Å². The van der Waals surface area contributed by atoms with Crippen molar-refractivity contribution in [3.63, 3.8) is 0 Å². The van der Waals surface area contributed by atoms with E-state index in [1.165, 1.54) is 11.3 Å². The van der Waals surface area contributed by atoms with E-state index in [2.05, 4.69) is 10.3 Å². The third-order valence-electron chi connectivity index (χ3n) is 3.06. The molecule has 3 rings (SSSR count). The van der Waals surface area contributed by atoms with E-state index in [0.29, 0.717) is 17.2 Å². The van der Waals surface area contributed by atoms with Crippen LogP contribution in [-0.2, 0) is 0 Å². The van der Waals surface area contributed by atoms with Crippen LogP contribution in [0.2, 0.25) is 0 Å². The summed E-state index contributed by atoms with van der Waals surface area (Å²) in [5, 5.41) is 5.62. The molecule has 0 radical (unpaired) electrons. The Labute approximate surface area is 131 Å². The summed E-state index contributed by atoms with van der Waals surface area (Å²) < 4.78 is 10.8. The van der Waals surface area contributed by atoms with Gasteiger partial charge in [-0.15, -0.1) is 11.3 Å². The highest BCUT2D eigenvalue weighted by Gasteiger charge is 2.15. The third kappa shape index (κ3) is 2.87. The van der Waals surface area contributed by atoms with Crippen LogP contribution >= 0.6 is 11.3 Å². The Morgan fingerprint density at radius 3 is 2.82 bits per heavy atom. The summed E-state index contributed by atoms with van der Waals surface area (Å²) >= 11 is 1.54. The van der Waals surface area contributed by atoms with Crippen LogP contribution in [0.5, 0.6) is 5.75 Å². The zero-order valence-electron chi connectivity index (χ0n) is 12.1. The first-order valence-electron chi connectivity index (χ1n) is 6.64. The number of aryl methyl sites for hydroxylation is 1. The molecule has 1 amide bonds. The number of hydrogen-bond acceptors (Lipinski definition) is 5. The van der Waals surface area contributed by atoms with Gasteiger partial charge in [0.15, 0.2) is 11.5 Å². The number of para-hydroxylation sites is 2. The number of benzene rings is 1. The standard InChI is InChI=1S/C16H14N2O3S/c1-10-17-12(9-22-10)14-7-8-15(21-14)16(19)18-11-5-3-4-6-13(11)20-2/h3-9H,1-2H3,(H,18,19). The first-order chi connectivity index (χ1) is 10.7. The third-order valence-corrected chi connectivity index (χ3v) is 3.83. The van der Waals surface area contributed by atoms with E-state index in [9.17, 15) is 4.79 Å². The van der Waals surface area contributed by atoms with Crippen LogP contribution in [0.15, 0.2) is 46.2 Å². The maximum absolute atomic E-state index is 12.3. The van der Waals surface area contributed by atoms with Crippen LogP contribution in [-0.4, -0.2) is 18.0 Å². The SMILES string of the molecule is COc1ccccc1NC(=O)c1ccc(-c2csc(C)n2)o1. The van der Waals surface area contributed by atoms with Gasteiger partial charge in [0.05, 0.1) is 17.8 Å². The van der Waals surface area contributed by atoms with Gasteiger partial charge < -0.3 is 14.5 Å². The van der Waals surface area contributed by atoms with E-state index in [4.69, 9.17) is 9.15 Å². The summed E-state index contributed by atoms with van der Waals surface area (Å²) in [5.41, 5.74) is 1.33. The summed E-state index contributed by atoms with van der Waals surface area (Å²) in [6.45, 7) is 1.92. The van der Waals surface area contributed by atoms with Crippen molar-refractivity contribution in [1.82, 2.24) is 4.98 Å². The van der Waals surface area contributed by atoms with E-state index in [1.54, 1.807) is 31.4 Å². The van der Waals surface area contributed by atoms with Crippen LogP contribution in [0, 0.1) is 6.92 Å². The molecule has 112 valence electrons. The second-order valence-corrected chi connectivity index (χ2v) is 5.63. The van der Waals surface area contributed by atoms with Crippen LogP contribution in [0.1, 0.15) is 15.6 Å². The number of rotatable bonds is 4. The van der Waals surface area contributed by atoms with Crippen LogP contribution in [0.4, 0.5) is 5.69 Å². The normalized spacial score (nSPS) is 10.5. The van der Waals surface area contributed by atoms with Gasteiger partial charge in [-0.25, -0.2) is 4.98 Å². The number of furan rings is 1. The van der Waals surface area contributed by atoms with Crippen LogP contribution < -0.4 is 10.1 Å². The van der Waals surface area contributed by atoms with Crippen molar-refractivity contribution in [2.45, 2.75) is 6.92 Å². The number of ether oxygens (including phenoxy) is 1. The molecule has 0 saturated heterocycles. The molecule has 0 unspecified atom stereocenters. The minimum absolute atomic E-state index is 0.228. The predicted molar refractivity (Wildman–Crippen MR) is 85.5 cm³/mol. The largest absolute Gasteiger partial charge is 0.495 e. The lowest BCUT2D eigenvalue weighted by atomic mass is 10.3. The fourth-order valence-corrected chi connectivity index (χ4v) is 2.61. The molecule has 22 heavy (non-hydrogen) atoms. The number of anilines is 1. The molecule has 0 bridgehead atoms. The lowest BCUT2D eigenvalue weighted by Crippen LogP contribution is -2.11. The van der Waals surface area contributed by atoms with Crippen molar-refractivity contribution in [3.05, 3.63) is 52.5 Å². The van der Waals surface area contributed by atoms with Crippen molar-refractivity contribution in [1.29, 1.82) is 0 Å². The molecule has 6 heteroatoms. The summed E-state index contributed by atoms with van der Waals surface area (Å²) in [4.78, 5) is 16.6. The van der Waals surface area contributed by atoms with E-state index in [-0.39, 0.29) is 11.7 Å². The Morgan fingerprint density at radius 1 is 1.27 bits per heavy atom. The molecule has 0 aliphatic carbocycles. The molecule has 2 aromatic heterocycles. The Balaban J connectivity index is 1.80. The average molecular weight is 314 g/mol. The van der Waals surface area contributed by atoms with E-state index >= 15 is 0 Å². The minimum Gasteiger partial charge on any atom is -0.495 e. The lowest BCUT2D eigenvalue weighted by molar-refractivity contribution is 0.0997.